The molecule has 4 aromatic rings. The first-order valence-electron chi connectivity index (χ1n) is 6.74. The zero-order valence-electron chi connectivity index (χ0n) is 11.2. The van der Waals surface area contributed by atoms with E-state index in [1.807, 2.05) is 42.2 Å². The van der Waals surface area contributed by atoms with Crippen molar-refractivity contribution in [2.75, 3.05) is 0 Å². The molecule has 0 radical (unpaired) electrons. The Hall–Kier alpha value is -2.62. The average molecular weight is 280 g/mol. The standard InChI is InChI=1S/C17H10F2N2/c1-20-5-6-21-13-4-2-3-10-14-11(7-9(18)8-12(14)19)16(15(10)13)17(20)21/h2-8H,1H3. The SMILES string of the molecule is Cn1ccn2c3cccc4c3c(c12)-c1cc(F)cc(F)c1-4. The average Bonchev–Trinajstić information content (AvgIpc) is 3.06. The van der Waals surface area contributed by atoms with Crippen molar-refractivity contribution >= 4 is 16.6 Å². The van der Waals surface area contributed by atoms with Crippen LogP contribution in [-0.2, 0) is 7.05 Å². The summed E-state index contributed by atoms with van der Waals surface area (Å²) in [5.74, 6) is -1.04. The first-order chi connectivity index (χ1) is 10.2. The quantitative estimate of drug-likeness (QED) is 0.399. The van der Waals surface area contributed by atoms with Crippen LogP contribution in [0.4, 0.5) is 8.78 Å². The molecule has 0 N–H and O–H groups in total. The van der Waals surface area contributed by atoms with E-state index in [9.17, 15) is 8.78 Å². The maximum absolute atomic E-state index is 14.3. The molecule has 21 heavy (non-hydrogen) atoms. The number of rotatable bonds is 0. The number of benzene rings is 2. The monoisotopic (exact) mass is 280 g/mol. The van der Waals surface area contributed by atoms with Crippen LogP contribution in [0.2, 0.25) is 0 Å². The molecular weight excluding hydrogens is 270 g/mol. The van der Waals surface area contributed by atoms with Crippen molar-refractivity contribution in [1.82, 2.24) is 8.97 Å². The van der Waals surface area contributed by atoms with Gasteiger partial charge in [0.05, 0.1) is 5.52 Å². The highest BCUT2D eigenvalue weighted by molar-refractivity contribution is 6.20. The Morgan fingerprint density at radius 2 is 1.81 bits per heavy atom. The second kappa shape index (κ2) is 3.34. The smallest absolute Gasteiger partial charge is 0.134 e. The molecule has 0 aliphatic heterocycles. The molecule has 0 saturated heterocycles. The van der Waals surface area contributed by atoms with Gasteiger partial charge in [0.15, 0.2) is 0 Å². The van der Waals surface area contributed by atoms with E-state index < -0.39 is 11.6 Å². The number of hydrogen-bond acceptors (Lipinski definition) is 0. The largest absolute Gasteiger partial charge is 0.335 e. The van der Waals surface area contributed by atoms with Gasteiger partial charge in [-0.1, -0.05) is 12.1 Å². The molecule has 0 atom stereocenters. The number of aromatic nitrogens is 2. The second-order valence-corrected chi connectivity index (χ2v) is 5.49. The third-order valence-electron chi connectivity index (χ3n) is 4.37. The van der Waals surface area contributed by atoms with Crippen molar-refractivity contribution < 1.29 is 8.78 Å². The highest BCUT2D eigenvalue weighted by Crippen LogP contribution is 2.51. The zero-order valence-corrected chi connectivity index (χ0v) is 11.2. The van der Waals surface area contributed by atoms with Gasteiger partial charge in [-0.15, -0.1) is 0 Å². The van der Waals surface area contributed by atoms with Crippen molar-refractivity contribution in [2.45, 2.75) is 0 Å². The number of halogens is 2. The lowest BCUT2D eigenvalue weighted by molar-refractivity contribution is 0.587. The molecule has 5 rings (SSSR count). The first-order valence-corrected chi connectivity index (χ1v) is 6.74. The maximum Gasteiger partial charge on any atom is 0.134 e. The number of hydrogen-bond donors (Lipinski definition) is 0. The Morgan fingerprint density at radius 1 is 0.952 bits per heavy atom. The number of nitrogens with zero attached hydrogens (tertiary/aromatic N) is 2. The van der Waals surface area contributed by atoms with Crippen molar-refractivity contribution in [2.24, 2.45) is 7.05 Å². The molecule has 102 valence electrons. The highest BCUT2D eigenvalue weighted by Gasteiger charge is 2.30. The Morgan fingerprint density at radius 3 is 2.67 bits per heavy atom. The van der Waals surface area contributed by atoms with Crippen molar-refractivity contribution in [3.63, 3.8) is 0 Å². The normalized spacial score (nSPS) is 12.5. The van der Waals surface area contributed by atoms with Gasteiger partial charge in [-0.3, -0.25) is 0 Å². The van der Waals surface area contributed by atoms with Crippen LogP contribution in [0, 0.1) is 11.6 Å². The van der Waals surface area contributed by atoms with Gasteiger partial charge in [0.1, 0.15) is 17.3 Å². The summed E-state index contributed by atoms with van der Waals surface area (Å²) in [6.45, 7) is 0. The van der Waals surface area contributed by atoms with Crippen molar-refractivity contribution in [3.8, 4) is 22.3 Å². The van der Waals surface area contributed by atoms with Gasteiger partial charge in [-0.05, 0) is 23.3 Å². The van der Waals surface area contributed by atoms with E-state index in [0.717, 1.165) is 33.7 Å². The second-order valence-electron chi connectivity index (χ2n) is 5.49. The number of fused-ring (bicyclic) bond motifs is 6. The molecule has 2 nitrogen and oxygen atoms in total. The Labute approximate surface area is 118 Å². The molecule has 0 bridgehead atoms. The summed E-state index contributed by atoms with van der Waals surface area (Å²) in [5, 5.41) is 1.00. The molecule has 4 heteroatoms. The molecule has 1 aliphatic carbocycles. The number of aryl methyl sites for hydroxylation is 1. The van der Waals surface area contributed by atoms with E-state index in [2.05, 4.69) is 4.40 Å². The van der Waals surface area contributed by atoms with Gasteiger partial charge in [0.2, 0.25) is 0 Å². The van der Waals surface area contributed by atoms with Gasteiger partial charge in [-0.2, -0.15) is 0 Å². The van der Waals surface area contributed by atoms with E-state index in [-0.39, 0.29) is 0 Å². The molecule has 0 saturated carbocycles. The van der Waals surface area contributed by atoms with Crippen LogP contribution in [0.1, 0.15) is 0 Å². The van der Waals surface area contributed by atoms with Crippen LogP contribution < -0.4 is 0 Å². The summed E-state index contributed by atoms with van der Waals surface area (Å²) in [5.41, 5.74) is 4.90. The molecule has 2 aromatic heterocycles. The van der Waals surface area contributed by atoms with E-state index in [1.165, 1.54) is 6.07 Å². The zero-order chi connectivity index (χ0) is 14.3. The topological polar surface area (TPSA) is 9.34 Å². The third kappa shape index (κ3) is 1.13. The minimum atomic E-state index is -0.541. The summed E-state index contributed by atoms with van der Waals surface area (Å²) >= 11 is 0. The molecule has 0 fully saturated rings. The fraction of sp³-hybridized carbons (Fsp3) is 0.0588. The molecule has 0 unspecified atom stereocenters. The van der Waals surface area contributed by atoms with E-state index in [1.54, 1.807) is 0 Å². The van der Waals surface area contributed by atoms with E-state index >= 15 is 0 Å². The van der Waals surface area contributed by atoms with Crippen LogP contribution in [0.5, 0.6) is 0 Å². The fourth-order valence-electron chi connectivity index (χ4n) is 3.59. The van der Waals surface area contributed by atoms with Crippen molar-refractivity contribution in [3.05, 3.63) is 54.4 Å². The van der Waals surface area contributed by atoms with Gasteiger partial charge in [-0.25, -0.2) is 8.78 Å². The van der Waals surface area contributed by atoms with Crippen LogP contribution in [0.15, 0.2) is 42.7 Å². The first kappa shape index (κ1) is 11.1. The van der Waals surface area contributed by atoms with Gasteiger partial charge in [0, 0.05) is 42.0 Å². The van der Waals surface area contributed by atoms with Gasteiger partial charge < -0.3 is 8.97 Å². The molecule has 2 heterocycles. The predicted octanol–water partition coefficient (Wildman–Crippen LogP) is 4.36. The predicted molar refractivity (Wildman–Crippen MR) is 78.2 cm³/mol. The Balaban J connectivity index is 2.14. The summed E-state index contributed by atoms with van der Waals surface area (Å²) < 4.78 is 32.1. The van der Waals surface area contributed by atoms with Gasteiger partial charge in [0.25, 0.3) is 0 Å². The van der Waals surface area contributed by atoms with Crippen LogP contribution in [0.25, 0.3) is 38.8 Å². The Bertz CT molecular complexity index is 1070. The van der Waals surface area contributed by atoms with Crippen molar-refractivity contribution in [1.29, 1.82) is 0 Å². The minimum Gasteiger partial charge on any atom is -0.335 e. The maximum atomic E-state index is 14.3. The summed E-state index contributed by atoms with van der Waals surface area (Å²) in [6.07, 6.45) is 3.93. The molecule has 0 amide bonds. The van der Waals surface area contributed by atoms with Crippen LogP contribution in [-0.4, -0.2) is 8.97 Å². The summed E-state index contributed by atoms with van der Waals surface area (Å²) in [7, 11) is 1.94. The molecule has 1 aliphatic rings. The lowest BCUT2D eigenvalue weighted by Gasteiger charge is -2.06. The Kier molecular flexibility index (Phi) is 1.76. The fourth-order valence-corrected chi connectivity index (χ4v) is 3.59. The minimum absolute atomic E-state index is 0.499. The highest BCUT2D eigenvalue weighted by atomic mass is 19.1. The van der Waals surface area contributed by atoms with Crippen LogP contribution in [0.3, 0.4) is 0 Å². The summed E-state index contributed by atoms with van der Waals surface area (Å²) in [4.78, 5) is 0. The summed E-state index contributed by atoms with van der Waals surface area (Å²) in [6, 6.07) is 8.21. The third-order valence-corrected chi connectivity index (χ3v) is 4.37. The van der Waals surface area contributed by atoms with E-state index in [4.69, 9.17) is 0 Å². The molecule has 0 spiro atoms. The number of imidazole rings is 1. The van der Waals surface area contributed by atoms with Crippen LogP contribution >= 0.6 is 0 Å². The molecular formula is C17H10F2N2. The molecule has 2 aromatic carbocycles. The van der Waals surface area contributed by atoms with Gasteiger partial charge >= 0.3 is 0 Å². The van der Waals surface area contributed by atoms with E-state index in [0.29, 0.717) is 11.1 Å². The lowest BCUT2D eigenvalue weighted by atomic mass is 10.0. The lowest BCUT2D eigenvalue weighted by Crippen LogP contribution is -1.91.